The average Bonchev–Trinajstić information content (AvgIpc) is 2.23. The molecule has 0 aliphatic heterocycles. The normalized spacial score (nSPS) is 10.3. The van der Waals surface area contributed by atoms with E-state index in [4.69, 9.17) is 0 Å². The molecule has 0 amide bonds. The summed E-state index contributed by atoms with van der Waals surface area (Å²) in [6.07, 6.45) is 3.08. The highest BCUT2D eigenvalue weighted by Gasteiger charge is 2.06. The Morgan fingerprint density at radius 3 is 2.40 bits per heavy atom. The van der Waals surface area contributed by atoms with Crippen LogP contribution < -0.4 is 5.32 Å². The van der Waals surface area contributed by atoms with E-state index in [-0.39, 0.29) is 11.5 Å². The van der Waals surface area contributed by atoms with Crippen molar-refractivity contribution in [1.82, 2.24) is 0 Å². The largest absolute Gasteiger partial charge is 0.504 e. The Kier molecular flexibility index (Phi) is 4.28. The number of unbranched alkanes of at least 4 members (excludes halogenated alkanes) is 1. The van der Waals surface area contributed by atoms with Gasteiger partial charge in [0.25, 0.3) is 0 Å². The van der Waals surface area contributed by atoms with Gasteiger partial charge in [-0.2, -0.15) is 0 Å². The van der Waals surface area contributed by atoms with Gasteiger partial charge in [0.1, 0.15) is 0 Å². The highest BCUT2D eigenvalue weighted by molar-refractivity contribution is 5.59. The number of hydrogen-bond acceptors (Lipinski definition) is 3. The number of anilines is 1. The number of aryl methyl sites for hydroxylation is 1. The number of nitrogens with one attached hydrogen (secondary N) is 1. The molecular formula is C12H19NO2. The molecule has 0 fully saturated rings. The second-order valence-electron chi connectivity index (χ2n) is 3.63. The number of aromatic hydroxyl groups is 2. The zero-order valence-electron chi connectivity index (χ0n) is 9.38. The lowest BCUT2D eigenvalue weighted by Crippen LogP contribution is -2.03. The lowest BCUT2D eigenvalue weighted by atomic mass is 10.1. The van der Waals surface area contributed by atoms with Crippen LogP contribution in [0.25, 0.3) is 0 Å². The smallest absolute Gasteiger partial charge is 0.159 e. The number of rotatable bonds is 5. The van der Waals surface area contributed by atoms with E-state index in [9.17, 15) is 10.2 Å². The summed E-state index contributed by atoms with van der Waals surface area (Å²) in [5, 5.41) is 22.0. The first-order chi connectivity index (χ1) is 7.19. The molecule has 0 aliphatic carbocycles. The molecular weight excluding hydrogens is 190 g/mol. The fourth-order valence-electron chi connectivity index (χ4n) is 1.48. The van der Waals surface area contributed by atoms with Crippen molar-refractivity contribution in [2.75, 3.05) is 11.9 Å². The first kappa shape index (κ1) is 11.7. The van der Waals surface area contributed by atoms with Crippen LogP contribution in [-0.4, -0.2) is 16.8 Å². The zero-order chi connectivity index (χ0) is 11.3. The minimum absolute atomic E-state index is 0.0482. The maximum Gasteiger partial charge on any atom is 0.159 e. The molecule has 0 spiro atoms. The molecule has 0 aromatic heterocycles. The molecule has 0 heterocycles. The van der Waals surface area contributed by atoms with E-state index in [0.717, 1.165) is 37.1 Å². The standard InChI is InChI=1S/C12H19NO2/c1-3-5-6-13-10-8-12(15)11(14)7-9(10)4-2/h7-8,13-15H,3-6H2,1-2H3. The topological polar surface area (TPSA) is 52.5 Å². The van der Waals surface area contributed by atoms with Gasteiger partial charge >= 0.3 is 0 Å². The summed E-state index contributed by atoms with van der Waals surface area (Å²) in [5.74, 6) is -0.112. The van der Waals surface area contributed by atoms with Crippen molar-refractivity contribution < 1.29 is 10.2 Å². The molecule has 3 N–H and O–H groups in total. The Bertz CT molecular complexity index is 324. The first-order valence-corrected chi connectivity index (χ1v) is 5.47. The molecule has 3 nitrogen and oxygen atoms in total. The van der Waals surface area contributed by atoms with Crippen molar-refractivity contribution in [3.8, 4) is 11.5 Å². The minimum atomic E-state index is -0.0637. The van der Waals surface area contributed by atoms with Gasteiger partial charge in [0.05, 0.1) is 0 Å². The number of hydrogen-bond donors (Lipinski definition) is 3. The number of phenols is 2. The van der Waals surface area contributed by atoms with Crippen LogP contribution >= 0.6 is 0 Å². The molecule has 0 radical (unpaired) electrons. The molecule has 1 rings (SSSR count). The summed E-state index contributed by atoms with van der Waals surface area (Å²) in [7, 11) is 0. The van der Waals surface area contributed by atoms with Gasteiger partial charge in [-0.1, -0.05) is 20.3 Å². The Balaban J connectivity index is 2.80. The summed E-state index contributed by atoms with van der Waals surface area (Å²) < 4.78 is 0. The Labute approximate surface area is 90.8 Å². The average molecular weight is 209 g/mol. The van der Waals surface area contributed by atoms with E-state index in [2.05, 4.69) is 12.2 Å². The highest BCUT2D eigenvalue weighted by Crippen LogP contribution is 2.31. The molecule has 0 unspecified atom stereocenters. The molecule has 0 bridgehead atoms. The van der Waals surface area contributed by atoms with Crippen molar-refractivity contribution in [1.29, 1.82) is 0 Å². The van der Waals surface area contributed by atoms with Crippen LogP contribution in [0.3, 0.4) is 0 Å². The van der Waals surface area contributed by atoms with Gasteiger partial charge in [0.15, 0.2) is 11.5 Å². The molecule has 0 aliphatic rings. The first-order valence-electron chi connectivity index (χ1n) is 5.47. The van der Waals surface area contributed by atoms with Gasteiger partial charge in [-0.05, 0) is 24.5 Å². The third-order valence-corrected chi connectivity index (χ3v) is 2.43. The third-order valence-electron chi connectivity index (χ3n) is 2.43. The maximum atomic E-state index is 9.39. The molecule has 0 saturated heterocycles. The summed E-state index contributed by atoms with van der Waals surface area (Å²) >= 11 is 0. The minimum Gasteiger partial charge on any atom is -0.504 e. The Morgan fingerprint density at radius 2 is 1.80 bits per heavy atom. The lowest BCUT2D eigenvalue weighted by molar-refractivity contribution is 0.403. The van der Waals surface area contributed by atoms with Gasteiger partial charge in [0, 0.05) is 18.3 Å². The fraction of sp³-hybridized carbons (Fsp3) is 0.500. The van der Waals surface area contributed by atoms with E-state index in [0.29, 0.717) is 0 Å². The molecule has 1 aromatic carbocycles. The predicted octanol–water partition coefficient (Wildman–Crippen LogP) is 2.87. The summed E-state index contributed by atoms with van der Waals surface area (Å²) in [5.41, 5.74) is 1.95. The summed E-state index contributed by atoms with van der Waals surface area (Å²) in [4.78, 5) is 0. The fourth-order valence-corrected chi connectivity index (χ4v) is 1.48. The summed E-state index contributed by atoms with van der Waals surface area (Å²) in [6, 6.07) is 3.20. The maximum absolute atomic E-state index is 9.39. The number of benzene rings is 1. The Hall–Kier alpha value is -1.38. The van der Waals surface area contributed by atoms with Crippen LogP contribution in [0.1, 0.15) is 32.3 Å². The van der Waals surface area contributed by atoms with Crippen LogP contribution in [-0.2, 0) is 6.42 Å². The predicted molar refractivity (Wildman–Crippen MR) is 62.5 cm³/mol. The van der Waals surface area contributed by atoms with Gasteiger partial charge in [0.2, 0.25) is 0 Å². The monoisotopic (exact) mass is 209 g/mol. The van der Waals surface area contributed by atoms with Gasteiger partial charge in [-0.25, -0.2) is 0 Å². The van der Waals surface area contributed by atoms with E-state index < -0.39 is 0 Å². The lowest BCUT2D eigenvalue weighted by Gasteiger charge is -2.12. The Morgan fingerprint density at radius 1 is 1.13 bits per heavy atom. The van der Waals surface area contributed by atoms with Gasteiger partial charge in [-0.3, -0.25) is 0 Å². The SMILES string of the molecule is CCCCNc1cc(O)c(O)cc1CC. The van der Waals surface area contributed by atoms with Crippen molar-refractivity contribution in [3.05, 3.63) is 17.7 Å². The molecule has 3 heteroatoms. The van der Waals surface area contributed by atoms with E-state index in [1.807, 2.05) is 6.92 Å². The highest BCUT2D eigenvalue weighted by atomic mass is 16.3. The summed E-state index contributed by atoms with van der Waals surface area (Å²) in [6.45, 7) is 5.06. The van der Waals surface area contributed by atoms with Crippen molar-refractivity contribution in [2.45, 2.75) is 33.1 Å². The molecule has 0 atom stereocenters. The third kappa shape index (κ3) is 3.05. The van der Waals surface area contributed by atoms with Crippen LogP contribution in [0.5, 0.6) is 11.5 Å². The second kappa shape index (κ2) is 5.49. The van der Waals surface area contributed by atoms with Crippen LogP contribution in [0.2, 0.25) is 0 Å². The molecule has 15 heavy (non-hydrogen) atoms. The van der Waals surface area contributed by atoms with E-state index in [1.54, 1.807) is 12.1 Å². The van der Waals surface area contributed by atoms with Crippen LogP contribution in [0, 0.1) is 0 Å². The van der Waals surface area contributed by atoms with Crippen LogP contribution in [0.15, 0.2) is 12.1 Å². The van der Waals surface area contributed by atoms with E-state index >= 15 is 0 Å². The van der Waals surface area contributed by atoms with Gasteiger partial charge in [-0.15, -0.1) is 0 Å². The van der Waals surface area contributed by atoms with Crippen molar-refractivity contribution in [2.24, 2.45) is 0 Å². The van der Waals surface area contributed by atoms with Gasteiger partial charge < -0.3 is 15.5 Å². The van der Waals surface area contributed by atoms with Crippen LogP contribution in [0.4, 0.5) is 5.69 Å². The molecule has 84 valence electrons. The van der Waals surface area contributed by atoms with Crippen molar-refractivity contribution in [3.63, 3.8) is 0 Å². The van der Waals surface area contributed by atoms with E-state index in [1.165, 1.54) is 0 Å². The quantitative estimate of drug-likeness (QED) is 0.397. The van der Waals surface area contributed by atoms with Crippen molar-refractivity contribution >= 4 is 5.69 Å². The molecule has 1 aromatic rings. The molecule has 0 saturated carbocycles. The second-order valence-corrected chi connectivity index (χ2v) is 3.63. The zero-order valence-corrected chi connectivity index (χ0v) is 9.38. The number of phenolic OH excluding ortho intramolecular Hbond substituents is 2.